The van der Waals surface area contributed by atoms with E-state index in [0.717, 1.165) is 4.31 Å². The quantitative estimate of drug-likeness (QED) is 0.360. The second-order valence-corrected chi connectivity index (χ2v) is 9.40. The third kappa shape index (κ3) is 3.53. The Labute approximate surface area is 182 Å². The number of sulfonamides is 1. The molecule has 2 heterocycles. The number of hydrogen-bond acceptors (Lipinski definition) is 6. The van der Waals surface area contributed by atoms with Gasteiger partial charge >= 0.3 is 5.97 Å². The molecule has 0 atom stereocenters. The van der Waals surface area contributed by atoms with Gasteiger partial charge in [0.05, 0.1) is 21.5 Å². The second kappa shape index (κ2) is 7.62. The lowest BCUT2D eigenvalue weighted by atomic mass is 9.98. The van der Waals surface area contributed by atoms with Crippen molar-refractivity contribution in [1.29, 1.82) is 0 Å². The molecule has 5 N–H and O–H groups in total. The van der Waals surface area contributed by atoms with Gasteiger partial charge in [-0.25, -0.2) is 17.5 Å². The molecule has 32 heavy (non-hydrogen) atoms. The number of nitrogens with one attached hydrogen (secondary N) is 2. The van der Waals surface area contributed by atoms with E-state index in [1.165, 1.54) is 38.4 Å². The van der Waals surface area contributed by atoms with Gasteiger partial charge < -0.3 is 15.8 Å². The van der Waals surface area contributed by atoms with Crippen LogP contribution in [0, 0.1) is 0 Å². The van der Waals surface area contributed by atoms with Crippen LogP contribution in [0.1, 0.15) is 10.4 Å². The zero-order chi connectivity index (χ0) is 23.2. The van der Waals surface area contributed by atoms with Crippen LogP contribution in [-0.2, 0) is 10.0 Å². The van der Waals surface area contributed by atoms with Gasteiger partial charge in [0, 0.05) is 19.7 Å². The number of hydrogen-bond donors (Lipinski definition) is 4. The summed E-state index contributed by atoms with van der Waals surface area (Å²) in [7, 11) is -0.734. The molecule has 0 aliphatic rings. The van der Waals surface area contributed by atoms with Crippen LogP contribution in [0.4, 0.5) is 5.95 Å². The maximum absolute atomic E-state index is 12.7. The molecule has 0 aliphatic heterocycles. The molecule has 0 unspecified atom stereocenters. The first-order valence-corrected chi connectivity index (χ1v) is 10.8. The monoisotopic (exact) mass is 453 g/mol. The van der Waals surface area contributed by atoms with Crippen LogP contribution in [0.25, 0.3) is 33.4 Å². The molecule has 0 radical (unpaired) electrons. The van der Waals surface area contributed by atoms with E-state index in [9.17, 15) is 23.1 Å². The van der Waals surface area contributed by atoms with Gasteiger partial charge in [-0.1, -0.05) is 24.3 Å². The van der Waals surface area contributed by atoms with Gasteiger partial charge in [-0.3, -0.25) is 9.78 Å². The third-order valence-corrected chi connectivity index (χ3v) is 6.83. The molecular weight excluding hydrogens is 434 g/mol. The Morgan fingerprint density at radius 1 is 1.06 bits per heavy atom. The number of nitrogens with two attached hydrogens (primary N) is 1. The number of nitrogens with zero attached hydrogens (tertiary/aromatic N) is 2. The fourth-order valence-electron chi connectivity index (χ4n) is 3.44. The summed E-state index contributed by atoms with van der Waals surface area (Å²) in [6.07, 6.45) is 0. The molecule has 2 aromatic carbocycles. The van der Waals surface area contributed by atoms with Gasteiger partial charge in [0.1, 0.15) is 5.65 Å². The number of carboxylic acid groups (broad SMARTS) is 1. The highest BCUT2D eigenvalue weighted by Gasteiger charge is 2.22. The zero-order valence-electron chi connectivity index (χ0n) is 17.1. The first-order chi connectivity index (χ1) is 15.1. The second-order valence-electron chi connectivity index (χ2n) is 7.25. The summed E-state index contributed by atoms with van der Waals surface area (Å²) in [5, 5.41) is 9.59. The summed E-state index contributed by atoms with van der Waals surface area (Å²) in [5.41, 5.74) is 7.43. The SMILES string of the molecule is CN(C)S(=O)(=O)c1ccc(-c2[nH]c3nc(N)[nH]c(=O)c3c2-c2cccc(C(=O)O)c2)cc1. The van der Waals surface area contributed by atoms with Gasteiger partial charge in [-0.2, -0.15) is 4.98 Å². The Kier molecular flexibility index (Phi) is 5.07. The Balaban J connectivity index is 1.99. The van der Waals surface area contributed by atoms with Gasteiger partial charge in [-0.15, -0.1) is 0 Å². The van der Waals surface area contributed by atoms with Crippen LogP contribution >= 0.6 is 0 Å². The lowest BCUT2D eigenvalue weighted by molar-refractivity contribution is 0.0697. The molecule has 0 aliphatic carbocycles. The number of H-pyrrole nitrogens is 2. The number of benzene rings is 2. The predicted octanol–water partition coefficient (Wildman–Crippen LogP) is 2.12. The lowest BCUT2D eigenvalue weighted by Crippen LogP contribution is -2.22. The van der Waals surface area contributed by atoms with Crippen molar-refractivity contribution in [2.45, 2.75) is 4.90 Å². The fourth-order valence-corrected chi connectivity index (χ4v) is 4.34. The molecule has 0 bridgehead atoms. The van der Waals surface area contributed by atoms with E-state index < -0.39 is 21.6 Å². The summed E-state index contributed by atoms with van der Waals surface area (Å²) >= 11 is 0. The maximum Gasteiger partial charge on any atom is 0.335 e. The molecule has 4 rings (SSSR count). The molecule has 4 aromatic rings. The fraction of sp³-hybridized carbons (Fsp3) is 0.0952. The van der Waals surface area contributed by atoms with Gasteiger partial charge in [-0.05, 0) is 35.4 Å². The van der Waals surface area contributed by atoms with E-state index in [2.05, 4.69) is 15.0 Å². The Morgan fingerprint density at radius 2 is 1.75 bits per heavy atom. The zero-order valence-corrected chi connectivity index (χ0v) is 17.9. The normalized spacial score (nSPS) is 11.8. The Morgan fingerprint density at radius 3 is 2.38 bits per heavy atom. The number of carbonyl (C=O) groups is 1. The third-order valence-electron chi connectivity index (χ3n) is 5.00. The minimum atomic E-state index is -3.62. The number of nitrogen functional groups attached to an aromatic ring is 1. The maximum atomic E-state index is 12.7. The lowest BCUT2D eigenvalue weighted by Gasteiger charge is -2.12. The summed E-state index contributed by atoms with van der Waals surface area (Å²) in [4.78, 5) is 34.0. The molecule has 0 spiro atoms. The summed E-state index contributed by atoms with van der Waals surface area (Å²) in [5.74, 6) is -1.18. The molecule has 2 aromatic heterocycles. The minimum absolute atomic E-state index is 0.0510. The number of carboxylic acids is 1. The highest BCUT2D eigenvalue weighted by molar-refractivity contribution is 7.89. The van der Waals surface area contributed by atoms with Crippen molar-refractivity contribution >= 4 is 33.0 Å². The van der Waals surface area contributed by atoms with Gasteiger partial charge in [0.15, 0.2) is 0 Å². The van der Waals surface area contributed by atoms with Crippen molar-refractivity contribution in [3.8, 4) is 22.4 Å². The first kappa shape index (κ1) is 21.3. The van der Waals surface area contributed by atoms with E-state index in [1.54, 1.807) is 24.3 Å². The molecule has 10 nitrogen and oxygen atoms in total. The number of fused-ring (bicyclic) bond motifs is 1. The van der Waals surface area contributed by atoms with Crippen molar-refractivity contribution in [3.63, 3.8) is 0 Å². The van der Waals surface area contributed by atoms with Crippen LogP contribution in [0.2, 0.25) is 0 Å². The van der Waals surface area contributed by atoms with E-state index in [-0.39, 0.29) is 27.4 Å². The Bertz CT molecular complexity index is 1520. The van der Waals surface area contributed by atoms with Crippen LogP contribution in [0.5, 0.6) is 0 Å². The standard InChI is InChI=1S/C21H19N5O5S/c1-26(2)32(30,31)14-8-6-11(7-9-14)17-15(12-4-3-5-13(10-12)20(28)29)16-18(23-17)24-21(22)25-19(16)27/h3-10H,1-2H3,(H,28,29)(H4,22,23,24,25,27). The van der Waals surface area contributed by atoms with Crippen LogP contribution in [-0.4, -0.2) is 52.8 Å². The van der Waals surface area contributed by atoms with Gasteiger partial charge in [0.2, 0.25) is 16.0 Å². The van der Waals surface area contributed by atoms with Crippen molar-refractivity contribution < 1.29 is 18.3 Å². The van der Waals surface area contributed by atoms with Crippen molar-refractivity contribution in [2.75, 3.05) is 19.8 Å². The molecule has 0 saturated carbocycles. The van der Waals surface area contributed by atoms with Crippen LogP contribution < -0.4 is 11.3 Å². The molecule has 0 fully saturated rings. The first-order valence-electron chi connectivity index (χ1n) is 9.37. The predicted molar refractivity (Wildman–Crippen MR) is 120 cm³/mol. The van der Waals surface area contributed by atoms with E-state index in [1.807, 2.05) is 0 Å². The molecular formula is C21H19N5O5S. The topological polar surface area (TPSA) is 162 Å². The number of aromatic carboxylic acids is 1. The number of rotatable bonds is 5. The summed E-state index contributed by atoms with van der Waals surface area (Å²) in [6, 6.07) is 12.3. The summed E-state index contributed by atoms with van der Waals surface area (Å²) < 4.78 is 25.9. The van der Waals surface area contributed by atoms with Crippen LogP contribution in [0.3, 0.4) is 0 Å². The number of aromatic nitrogens is 3. The van der Waals surface area contributed by atoms with Crippen molar-refractivity contribution in [1.82, 2.24) is 19.3 Å². The highest BCUT2D eigenvalue weighted by Crippen LogP contribution is 2.37. The van der Waals surface area contributed by atoms with Crippen molar-refractivity contribution in [3.05, 3.63) is 64.4 Å². The van der Waals surface area contributed by atoms with Gasteiger partial charge in [0.25, 0.3) is 5.56 Å². The average Bonchev–Trinajstić information content (AvgIpc) is 3.13. The molecule has 0 amide bonds. The largest absolute Gasteiger partial charge is 0.478 e. The molecule has 11 heteroatoms. The number of anilines is 1. The smallest absolute Gasteiger partial charge is 0.335 e. The number of aromatic amines is 2. The molecule has 164 valence electrons. The molecule has 0 saturated heterocycles. The summed E-state index contributed by atoms with van der Waals surface area (Å²) in [6.45, 7) is 0. The van der Waals surface area contributed by atoms with E-state index in [4.69, 9.17) is 5.73 Å². The average molecular weight is 453 g/mol. The van der Waals surface area contributed by atoms with Crippen molar-refractivity contribution in [2.24, 2.45) is 0 Å². The minimum Gasteiger partial charge on any atom is -0.478 e. The van der Waals surface area contributed by atoms with Crippen LogP contribution in [0.15, 0.2) is 58.2 Å². The highest BCUT2D eigenvalue weighted by atomic mass is 32.2. The van der Waals surface area contributed by atoms with E-state index >= 15 is 0 Å². The van der Waals surface area contributed by atoms with E-state index in [0.29, 0.717) is 22.4 Å². The Hall–Kier alpha value is -3.96.